The molecule has 0 aliphatic heterocycles. The normalized spacial score (nSPS) is 12.8. The fraction of sp³-hybridized carbons (Fsp3) is 0.833. The van der Waals surface area contributed by atoms with Gasteiger partial charge in [-0.15, -0.1) is 0 Å². The second-order valence-electron chi connectivity index (χ2n) is 9.73. The fourth-order valence-corrected chi connectivity index (χ4v) is 3.26. The maximum Gasteiger partial charge on any atom is 0.312 e. The number of carbonyl (C=O) groups is 4. The van der Waals surface area contributed by atoms with E-state index in [4.69, 9.17) is 11.5 Å². The topological polar surface area (TPSA) is 168 Å². The van der Waals surface area contributed by atoms with E-state index in [0.29, 0.717) is 13.1 Å². The molecule has 0 heterocycles. The summed E-state index contributed by atoms with van der Waals surface area (Å²) in [6.45, 7) is 16.7. The number of amides is 4. The number of hydrogen-bond donors (Lipinski definition) is 6. The first-order chi connectivity index (χ1) is 15.7. The molecule has 10 nitrogen and oxygen atoms in total. The van der Waals surface area contributed by atoms with E-state index in [2.05, 4.69) is 21.3 Å². The fourth-order valence-electron chi connectivity index (χ4n) is 3.26. The van der Waals surface area contributed by atoms with Gasteiger partial charge in [0.1, 0.15) is 0 Å². The third kappa shape index (κ3) is 19.3. The standard InChI is InChI=1S/2C12H25N3O2/c2*1-8(2)11(16)10(15-9(3)4)6-5-7-14-12(13)17/h2*8-10,15H,5-7H2,1-4H3,(H3,13,14,17)/t2*10-/m10/s1. The van der Waals surface area contributed by atoms with Gasteiger partial charge >= 0.3 is 12.1 Å². The van der Waals surface area contributed by atoms with Gasteiger partial charge in [0.25, 0.3) is 0 Å². The molecule has 0 unspecified atom stereocenters. The Kier molecular flexibility index (Phi) is 19.1. The summed E-state index contributed by atoms with van der Waals surface area (Å²) in [5, 5.41) is 11.6. The second-order valence-corrected chi connectivity index (χ2v) is 9.73. The van der Waals surface area contributed by atoms with E-state index in [0.717, 1.165) is 25.7 Å². The summed E-state index contributed by atoms with van der Waals surface area (Å²) in [6, 6.07) is -0.768. The smallest absolute Gasteiger partial charge is 0.312 e. The van der Waals surface area contributed by atoms with Crippen LogP contribution in [0.15, 0.2) is 0 Å². The van der Waals surface area contributed by atoms with Crippen LogP contribution in [0.2, 0.25) is 0 Å². The maximum atomic E-state index is 11.9. The van der Waals surface area contributed by atoms with Crippen molar-refractivity contribution in [2.45, 2.75) is 105 Å². The number of nitrogens with two attached hydrogens (primary N) is 2. The van der Waals surface area contributed by atoms with Crippen LogP contribution < -0.4 is 32.7 Å². The third-order valence-electron chi connectivity index (χ3n) is 4.83. The van der Waals surface area contributed by atoms with Crippen molar-refractivity contribution in [2.75, 3.05) is 13.1 Å². The molecule has 0 fully saturated rings. The van der Waals surface area contributed by atoms with Crippen molar-refractivity contribution in [3.63, 3.8) is 0 Å². The van der Waals surface area contributed by atoms with Crippen molar-refractivity contribution >= 4 is 23.6 Å². The minimum atomic E-state index is -0.520. The minimum Gasteiger partial charge on any atom is -0.352 e. The molecule has 0 aromatic rings. The predicted molar refractivity (Wildman–Crippen MR) is 137 cm³/mol. The number of Topliss-reactive ketones (excluding diaryl/α,β-unsaturated/α-hetero) is 2. The molecular formula is C24H50N6O4. The average Bonchev–Trinajstić information content (AvgIpc) is 2.70. The van der Waals surface area contributed by atoms with Crippen molar-refractivity contribution in [3.8, 4) is 0 Å². The lowest BCUT2D eigenvalue weighted by Crippen LogP contribution is -2.43. The van der Waals surface area contributed by atoms with Crippen LogP contribution in [0.5, 0.6) is 0 Å². The van der Waals surface area contributed by atoms with Gasteiger partial charge in [0, 0.05) is 37.0 Å². The highest BCUT2D eigenvalue weighted by atomic mass is 16.2. The van der Waals surface area contributed by atoms with Gasteiger partial charge in [-0.3, -0.25) is 9.59 Å². The quantitative estimate of drug-likeness (QED) is 0.182. The highest BCUT2D eigenvalue weighted by Crippen LogP contribution is 2.08. The summed E-state index contributed by atoms with van der Waals surface area (Å²) in [5.41, 5.74) is 9.93. The lowest BCUT2D eigenvalue weighted by Gasteiger charge is -2.21. The van der Waals surface area contributed by atoms with Crippen LogP contribution in [0.3, 0.4) is 0 Å². The van der Waals surface area contributed by atoms with Crippen molar-refractivity contribution in [1.29, 1.82) is 0 Å². The van der Waals surface area contributed by atoms with Crippen molar-refractivity contribution in [1.82, 2.24) is 21.3 Å². The van der Waals surface area contributed by atoms with Gasteiger partial charge in [-0.2, -0.15) is 0 Å². The highest BCUT2D eigenvalue weighted by molar-refractivity contribution is 5.86. The van der Waals surface area contributed by atoms with Crippen LogP contribution >= 0.6 is 0 Å². The maximum absolute atomic E-state index is 11.9. The molecule has 0 aliphatic rings. The van der Waals surface area contributed by atoms with E-state index in [-0.39, 0.29) is 47.6 Å². The molecular weight excluding hydrogens is 436 g/mol. The minimum absolute atomic E-state index is 0.0235. The zero-order valence-corrected chi connectivity index (χ0v) is 22.5. The lowest BCUT2D eigenvalue weighted by atomic mass is 9.97. The molecule has 0 radical (unpaired) electrons. The van der Waals surface area contributed by atoms with E-state index in [9.17, 15) is 19.2 Å². The molecule has 10 heteroatoms. The molecule has 8 N–H and O–H groups in total. The molecule has 4 amide bonds. The summed E-state index contributed by atoms with van der Waals surface area (Å²) in [7, 11) is 0. The van der Waals surface area contributed by atoms with Gasteiger partial charge in [0.15, 0.2) is 11.6 Å². The Labute approximate surface area is 206 Å². The Morgan fingerprint density at radius 3 is 1.09 bits per heavy atom. The van der Waals surface area contributed by atoms with E-state index in [1.54, 1.807) is 0 Å². The first-order valence-electron chi connectivity index (χ1n) is 12.3. The van der Waals surface area contributed by atoms with Gasteiger partial charge < -0.3 is 32.7 Å². The van der Waals surface area contributed by atoms with Crippen LogP contribution in [0.4, 0.5) is 9.59 Å². The Morgan fingerprint density at radius 1 is 0.588 bits per heavy atom. The van der Waals surface area contributed by atoms with E-state index >= 15 is 0 Å². The van der Waals surface area contributed by atoms with E-state index in [1.807, 2.05) is 55.4 Å². The van der Waals surface area contributed by atoms with Crippen molar-refractivity contribution in [2.24, 2.45) is 23.3 Å². The van der Waals surface area contributed by atoms with Crippen LogP contribution in [-0.2, 0) is 9.59 Å². The van der Waals surface area contributed by atoms with E-state index in [1.165, 1.54) is 0 Å². The van der Waals surface area contributed by atoms with Crippen LogP contribution in [0.25, 0.3) is 0 Å². The molecule has 0 saturated carbocycles. The number of ketones is 2. The number of nitrogens with one attached hydrogen (secondary N) is 4. The summed E-state index contributed by atoms with van der Waals surface area (Å²) >= 11 is 0. The number of carbonyl (C=O) groups excluding carboxylic acids is 4. The number of rotatable bonds is 16. The summed E-state index contributed by atoms with van der Waals surface area (Å²) in [6.07, 6.45) is 2.92. The largest absolute Gasteiger partial charge is 0.352 e. The van der Waals surface area contributed by atoms with Gasteiger partial charge in [-0.05, 0) is 25.7 Å². The van der Waals surface area contributed by atoms with Gasteiger partial charge in [0.2, 0.25) is 0 Å². The lowest BCUT2D eigenvalue weighted by molar-refractivity contribution is -0.125. The van der Waals surface area contributed by atoms with Gasteiger partial charge in [-0.1, -0.05) is 55.4 Å². The van der Waals surface area contributed by atoms with Crippen molar-refractivity contribution < 1.29 is 19.2 Å². The second kappa shape index (κ2) is 19.1. The summed E-state index contributed by atoms with van der Waals surface area (Å²) in [5.74, 6) is 0.487. The monoisotopic (exact) mass is 486 g/mol. The van der Waals surface area contributed by atoms with Crippen LogP contribution in [0.1, 0.15) is 81.1 Å². The van der Waals surface area contributed by atoms with Crippen LogP contribution in [-0.4, -0.2) is 60.9 Å². The Hall–Kier alpha value is -2.20. The molecule has 2 atom stereocenters. The predicted octanol–water partition coefficient (Wildman–Crippen LogP) is 2.05. The van der Waals surface area contributed by atoms with Crippen molar-refractivity contribution in [3.05, 3.63) is 0 Å². The molecule has 0 bridgehead atoms. The zero-order valence-electron chi connectivity index (χ0n) is 22.5. The number of urea groups is 2. The third-order valence-corrected chi connectivity index (χ3v) is 4.83. The Balaban J connectivity index is 0. The molecule has 0 aromatic carbocycles. The number of primary amides is 2. The first kappa shape index (κ1) is 34.0. The average molecular weight is 487 g/mol. The van der Waals surface area contributed by atoms with E-state index < -0.39 is 12.1 Å². The first-order valence-corrected chi connectivity index (χ1v) is 12.3. The molecule has 0 spiro atoms. The van der Waals surface area contributed by atoms with Gasteiger partial charge in [0.05, 0.1) is 12.1 Å². The SMILES string of the molecule is CC(C)N[C@@H](CCCNC(N)=O)C(=O)C(C)C.CC(C)N[C@H](CCCNC(N)=O)C(=O)C(C)C. The summed E-state index contributed by atoms with van der Waals surface area (Å²) in [4.78, 5) is 44.8. The molecule has 0 aliphatic carbocycles. The molecule has 0 rings (SSSR count). The molecule has 0 aromatic heterocycles. The molecule has 34 heavy (non-hydrogen) atoms. The Bertz CT molecular complexity index is 556. The van der Waals surface area contributed by atoms with Gasteiger partial charge in [-0.25, -0.2) is 9.59 Å². The Morgan fingerprint density at radius 2 is 0.882 bits per heavy atom. The number of hydrogen-bond acceptors (Lipinski definition) is 6. The zero-order chi connectivity index (χ0) is 26.8. The highest BCUT2D eigenvalue weighted by Gasteiger charge is 2.22. The molecule has 200 valence electrons. The van der Waals surface area contributed by atoms with Crippen LogP contribution in [0, 0.1) is 11.8 Å². The summed E-state index contributed by atoms with van der Waals surface area (Å²) < 4.78 is 0. The molecule has 0 saturated heterocycles.